The average molecular weight is 221 g/mol. The molecule has 0 saturated heterocycles. The minimum atomic E-state index is -0.385. The minimum Gasteiger partial charge on any atom is -0.326 e. The summed E-state index contributed by atoms with van der Waals surface area (Å²) in [6.07, 6.45) is 0. The number of hydrogen-bond donors (Lipinski definition) is 2. The van der Waals surface area contributed by atoms with Gasteiger partial charge < -0.3 is 5.73 Å². The molecule has 1 rings (SSSR count). The van der Waals surface area contributed by atoms with Crippen molar-refractivity contribution < 1.29 is 4.79 Å². The van der Waals surface area contributed by atoms with Gasteiger partial charge in [-0.25, -0.2) is 5.84 Å². The van der Waals surface area contributed by atoms with Crippen LogP contribution in [0.1, 0.15) is 36.7 Å². The van der Waals surface area contributed by atoms with Gasteiger partial charge in [0, 0.05) is 12.1 Å². The summed E-state index contributed by atoms with van der Waals surface area (Å²) in [5.74, 6) is 5.57. The van der Waals surface area contributed by atoms with E-state index in [2.05, 4.69) is 0 Å². The van der Waals surface area contributed by atoms with Crippen molar-refractivity contribution in [3.05, 3.63) is 35.4 Å². The van der Waals surface area contributed by atoms with Crippen molar-refractivity contribution in [3.63, 3.8) is 0 Å². The molecule has 0 aromatic heterocycles. The summed E-state index contributed by atoms with van der Waals surface area (Å²) in [6.45, 7) is 6.14. The standard InChI is InChI=1S/C12H19N3O/c1-12(2,3)15(14)11(16)10-6-4-9(8-13)5-7-10/h4-7H,8,13-14H2,1-3H3. The first kappa shape index (κ1) is 12.7. The summed E-state index contributed by atoms with van der Waals surface area (Å²) in [5.41, 5.74) is 6.67. The van der Waals surface area contributed by atoms with Gasteiger partial charge in [-0.1, -0.05) is 12.1 Å². The van der Waals surface area contributed by atoms with Gasteiger partial charge in [0.25, 0.3) is 5.91 Å². The Kier molecular flexibility index (Phi) is 3.67. The summed E-state index contributed by atoms with van der Waals surface area (Å²) >= 11 is 0. The Balaban J connectivity index is 2.88. The van der Waals surface area contributed by atoms with Crippen molar-refractivity contribution in [2.75, 3.05) is 0 Å². The largest absolute Gasteiger partial charge is 0.326 e. The molecule has 4 heteroatoms. The number of nitrogens with two attached hydrogens (primary N) is 2. The number of carbonyl (C=O) groups excluding carboxylic acids is 1. The maximum atomic E-state index is 12.0. The first-order valence-electron chi connectivity index (χ1n) is 5.24. The van der Waals surface area contributed by atoms with E-state index >= 15 is 0 Å². The number of benzene rings is 1. The van der Waals surface area contributed by atoms with Crippen LogP contribution in [0, 0.1) is 0 Å². The van der Waals surface area contributed by atoms with Gasteiger partial charge in [-0.3, -0.25) is 9.80 Å². The van der Waals surface area contributed by atoms with Gasteiger partial charge in [-0.15, -0.1) is 0 Å². The van der Waals surface area contributed by atoms with E-state index in [4.69, 9.17) is 11.6 Å². The second-order valence-corrected chi connectivity index (χ2v) is 4.75. The SMILES string of the molecule is CC(C)(C)N(N)C(=O)c1ccc(CN)cc1. The fourth-order valence-electron chi connectivity index (χ4n) is 1.23. The zero-order chi connectivity index (χ0) is 12.3. The van der Waals surface area contributed by atoms with Crippen LogP contribution in [-0.4, -0.2) is 16.5 Å². The van der Waals surface area contributed by atoms with E-state index in [1.54, 1.807) is 12.1 Å². The van der Waals surface area contributed by atoms with Gasteiger partial charge in [0.1, 0.15) is 0 Å². The first-order valence-corrected chi connectivity index (χ1v) is 5.24. The molecule has 1 aromatic carbocycles. The summed E-state index contributed by atoms with van der Waals surface area (Å²) in [7, 11) is 0. The van der Waals surface area contributed by atoms with E-state index in [-0.39, 0.29) is 11.4 Å². The van der Waals surface area contributed by atoms with Crippen molar-refractivity contribution in [3.8, 4) is 0 Å². The quantitative estimate of drug-likeness (QED) is 0.448. The highest BCUT2D eigenvalue weighted by atomic mass is 16.2. The van der Waals surface area contributed by atoms with Gasteiger partial charge in [0.15, 0.2) is 0 Å². The maximum Gasteiger partial charge on any atom is 0.268 e. The van der Waals surface area contributed by atoms with E-state index in [0.29, 0.717) is 12.1 Å². The Morgan fingerprint density at radius 2 is 1.75 bits per heavy atom. The lowest BCUT2D eigenvalue weighted by Crippen LogP contribution is -2.50. The molecule has 0 radical (unpaired) electrons. The van der Waals surface area contributed by atoms with E-state index < -0.39 is 0 Å². The third kappa shape index (κ3) is 2.81. The Hall–Kier alpha value is -1.39. The van der Waals surface area contributed by atoms with Crippen molar-refractivity contribution in [1.29, 1.82) is 0 Å². The molecular formula is C12H19N3O. The normalized spacial score (nSPS) is 11.3. The molecule has 0 atom stereocenters. The number of hydrazine groups is 1. The molecule has 0 unspecified atom stereocenters. The topological polar surface area (TPSA) is 72.3 Å². The van der Waals surface area contributed by atoms with Crippen molar-refractivity contribution in [2.24, 2.45) is 11.6 Å². The number of rotatable bonds is 2. The van der Waals surface area contributed by atoms with Crippen LogP contribution in [0.15, 0.2) is 24.3 Å². The van der Waals surface area contributed by atoms with Crippen LogP contribution in [0.25, 0.3) is 0 Å². The molecule has 0 fully saturated rings. The second kappa shape index (κ2) is 4.63. The third-order valence-electron chi connectivity index (χ3n) is 2.38. The Morgan fingerprint density at radius 3 is 2.12 bits per heavy atom. The van der Waals surface area contributed by atoms with E-state index in [1.807, 2.05) is 32.9 Å². The number of carbonyl (C=O) groups is 1. The smallest absolute Gasteiger partial charge is 0.268 e. The van der Waals surface area contributed by atoms with E-state index in [1.165, 1.54) is 5.01 Å². The maximum absolute atomic E-state index is 12.0. The fourth-order valence-corrected chi connectivity index (χ4v) is 1.23. The minimum absolute atomic E-state index is 0.184. The van der Waals surface area contributed by atoms with E-state index in [9.17, 15) is 4.79 Å². The van der Waals surface area contributed by atoms with Crippen LogP contribution in [-0.2, 0) is 6.54 Å². The fraction of sp³-hybridized carbons (Fsp3) is 0.417. The van der Waals surface area contributed by atoms with Gasteiger partial charge in [0.05, 0.1) is 5.54 Å². The lowest BCUT2D eigenvalue weighted by molar-refractivity contribution is 0.0582. The molecule has 0 heterocycles. The summed E-state index contributed by atoms with van der Waals surface area (Å²) in [4.78, 5) is 12.0. The zero-order valence-corrected chi connectivity index (χ0v) is 10.0. The molecule has 4 nitrogen and oxygen atoms in total. The lowest BCUT2D eigenvalue weighted by Gasteiger charge is -2.31. The predicted octanol–water partition coefficient (Wildman–Crippen LogP) is 1.26. The van der Waals surface area contributed by atoms with Crippen LogP contribution in [0.3, 0.4) is 0 Å². The predicted molar refractivity (Wildman–Crippen MR) is 64.4 cm³/mol. The van der Waals surface area contributed by atoms with Gasteiger partial charge in [-0.05, 0) is 38.5 Å². The molecule has 0 saturated carbocycles. The third-order valence-corrected chi connectivity index (χ3v) is 2.38. The van der Waals surface area contributed by atoms with Gasteiger partial charge >= 0.3 is 0 Å². The van der Waals surface area contributed by atoms with Crippen LogP contribution in [0.5, 0.6) is 0 Å². The van der Waals surface area contributed by atoms with Crippen molar-refractivity contribution in [2.45, 2.75) is 32.9 Å². The molecule has 1 aromatic rings. The Bertz CT molecular complexity index is 365. The molecule has 0 aliphatic rings. The molecule has 4 N–H and O–H groups in total. The summed E-state index contributed by atoms with van der Waals surface area (Å²) in [6, 6.07) is 7.17. The molecule has 1 amide bonds. The number of hydrogen-bond acceptors (Lipinski definition) is 3. The van der Waals surface area contributed by atoms with Crippen LogP contribution in [0.2, 0.25) is 0 Å². The van der Waals surface area contributed by atoms with Crippen LogP contribution in [0.4, 0.5) is 0 Å². The molecular weight excluding hydrogens is 202 g/mol. The zero-order valence-electron chi connectivity index (χ0n) is 10.0. The molecule has 0 aliphatic carbocycles. The monoisotopic (exact) mass is 221 g/mol. The van der Waals surface area contributed by atoms with E-state index in [0.717, 1.165) is 5.56 Å². The molecule has 0 aliphatic heterocycles. The number of amides is 1. The first-order chi connectivity index (χ1) is 7.36. The second-order valence-electron chi connectivity index (χ2n) is 4.75. The van der Waals surface area contributed by atoms with Crippen LogP contribution >= 0.6 is 0 Å². The van der Waals surface area contributed by atoms with Gasteiger partial charge in [0.2, 0.25) is 0 Å². The Morgan fingerprint density at radius 1 is 1.25 bits per heavy atom. The lowest BCUT2D eigenvalue weighted by atomic mass is 10.1. The number of nitrogens with zero attached hydrogens (tertiary/aromatic N) is 1. The molecule has 0 spiro atoms. The average Bonchev–Trinajstić information content (AvgIpc) is 2.26. The molecule has 0 bridgehead atoms. The van der Waals surface area contributed by atoms with Gasteiger partial charge in [-0.2, -0.15) is 0 Å². The summed E-state index contributed by atoms with van der Waals surface area (Å²) < 4.78 is 0. The molecule has 88 valence electrons. The molecule has 16 heavy (non-hydrogen) atoms. The highest BCUT2D eigenvalue weighted by molar-refractivity contribution is 5.94. The summed E-state index contributed by atoms with van der Waals surface area (Å²) in [5, 5.41) is 1.24. The highest BCUT2D eigenvalue weighted by Gasteiger charge is 2.24. The van der Waals surface area contributed by atoms with Crippen LogP contribution < -0.4 is 11.6 Å². The Labute approximate surface area is 96.2 Å². The van der Waals surface area contributed by atoms with Crippen molar-refractivity contribution >= 4 is 5.91 Å². The highest BCUT2D eigenvalue weighted by Crippen LogP contribution is 2.13. The van der Waals surface area contributed by atoms with Crippen molar-refractivity contribution in [1.82, 2.24) is 5.01 Å².